The maximum atomic E-state index is 14.1. The van der Waals surface area contributed by atoms with E-state index in [1.54, 1.807) is 0 Å². The summed E-state index contributed by atoms with van der Waals surface area (Å²) >= 11 is 5.81. The van der Waals surface area contributed by atoms with Crippen molar-refractivity contribution in [1.29, 1.82) is 0 Å². The van der Waals surface area contributed by atoms with Gasteiger partial charge in [-0.25, -0.2) is 14.4 Å². The average molecular weight is 330 g/mol. The number of nitrogens with zero attached hydrogens (tertiary/aromatic N) is 3. The highest BCUT2D eigenvalue weighted by atomic mass is 35.5. The van der Waals surface area contributed by atoms with Crippen molar-refractivity contribution in [2.45, 2.75) is 33.6 Å². The molecular formula is C18H17ClFN3. The Morgan fingerprint density at radius 2 is 1.87 bits per heavy atom. The largest absolute Gasteiger partial charge is 0.253 e. The van der Waals surface area contributed by atoms with E-state index in [1.165, 1.54) is 11.1 Å². The second-order valence-electron chi connectivity index (χ2n) is 5.96. The van der Waals surface area contributed by atoms with E-state index in [0.717, 1.165) is 22.8 Å². The van der Waals surface area contributed by atoms with Crippen molar-refractivity contribution in [3.63, 3.8) is 0 Å². The van der Waals surface area contributed by atoms with E-state index < -0.39 is 5.82 Å². The lowest BCUT2D eigenvalue weighted by molar-refractivity contribution is 0.618. The van der Waals surface area contributed by atoms with Crippen LogP contribution >= 0.6 is 11.6 Å². The molecule has 3 aromatic rings. The van der Waals surface area contributed by atoms with Gasteiger partial charge in [0.1, 0.15) is 5.69 Å². The summed E-state index contributed by atoms with van der Waals surface area (Å²) in [5.74, 6) is -0.148. The van der Waals surface area contributed by atoms with Gasteiger partial charge in [0.05, 0.1) is 11.7 Å². The van der Waals surface area contributed by atoms with Crippen LogP contribution < -0.4 is 0 Å². The van der Waals surface area contributed by atoms with Gasteiger partial charge in [-0.3, -0.25) is 4.98 Å². The number of hydrogen-bond donors (Lipinski definition) is 0. The molecule has 0 radical (unpaired) electrons. The molecule has 23 heavy (non-hydrogen) atoms. The quantitative estimate of drug-likeness (QED) is 0.605. The SMILES string of the molecule is Cc1nc2ccc(-c3nc(Cl)ncc3F)cc2c(C(C)C)c1C. The third kappa shape index (κ3) is 2.79. The zero-order valence-electron chi connectivity index (χ0n) is 13.5. The first kappa shape index (κ1) is 15.8. The van der Waals surface area contributed by atoms with Crippen LogP contribution in [0.5, 0.6) is 0 Å². The smallest absolute Gasteiger partial charge is 0.223 e. The molecule has 0 fully saturated rings. The van der Waals surface area contributed by atoms with Gasteiger partial charge in [0.25, 0.3) is 0 Å². The Morgan fingerprint density at radius 3 is 2.57 bits per heavy atom. The summed E-state index contributed by atoms with van der Waals surface area (Å²) in [4.78, 5) is 12.3. The van der Waals surface area contributed by atoms with Gasteiger partial charge < -0.3 is 0 Å². The molecule has 118 valence electrons. The highest BCUT2D eigenvalue weighted by Gasteiger charge is 2.15. The van der Waals surface area contributed by atoms with Crippen LogP contribution in [-0.4, -0.2) is 15.0 Å². The summed E-state index contributed by atoms with van der Waals surface area (Å²) in [5, 5.41) is 1.05. The van der Waals surface area contributed by atoms with Crippen LogP contribution in [0.1, 0.15) is 36.6 Å². The molecule has 0 N–H and O–H groups in total. The summed E-state index contributed by atoms with van der Waals surface area (Å²) in [7, 11) is 0. The summed E-state index contributed by atoms with van der Waals surface area (Å²) in [6.45, 7) is 8.39. The first-order valence-electron chi connectivity index (χ1n) is 7.47. The second kappa shape index (κ2) is 5.85. The monoisotopic (exact) mass is 329 g/mol. The molecule has 0 aliphatic rings. The van der Waals surface area contributed by atoms with Crippen LogP contribution in [0.25, 0.3) is 22.2 Å². The van der Waals surface area contributed by atoms with E-state index in [0.29, 0.717) is 11.5 Å². The Hall–Kier alpha value is -2.07. The van der Waals surface area contributed by atoms with E-state index in [4.69, 9.17) is 11.6 Å². The topological polar surface area (TPSA) is 38.7 Å². The molecule has 0 aliphatic carbocycles. The molecule has 0 spiro atoms. The molecule has 2 heterocycles. The molecule has 5 heteroatoms. The van der Waals surface area contributed by atoms with Crippen molar-refractivity contribution >= 4 is 22.5 Å². The van der Waals surface area contributed by atoms with Crippen LogP contribution in [0, 0.1) is 19.7 Å². The van der Waals surface area contributed by atoms with Crippen LogP contribution in [0.2, 0.25) is 5.28 Å². The fourth-order valence-corrected chi connectivity index (χ4v) is 3.08. The minimum Gasteiger partial charge on any atom is -0.253 e. The molecule has 2 aromatic heterocycles. The number of rotatable bonds is 2. The average Bonchev–Trinajstić information content (AvgIpc) is 2.50. The molecule has 0 atom stereocenters. The fourth-order valence-electron chi connectivity index (χ4n) is 2.95. The maximum absolute atomic E-state index is 14.1. The lowest BCUT2D eigenvalue weighted by Crippen LogP contribution is -2.00. The number of aromatic nitrogens is 3. The number of fused-ring (bicyclic) bond motifs is 1. The van der Waals surface area contributed by atoms with Gasteiger partial charge in [-0.1, -0.05) is 19.9 Å². The first-order valence-corrected chi connectivity index (χ1v) is 7.85. The summed E-state index contributed by atoms with van der Waals surface area (Å²) < 4.78 is 14.1. The van der Waals surface area contributed by atoms with Gasteiger partial charge in [-0.2, -0.15) is 0 Å². The summed E-state index contributed by atoms with van der Waals surface area (Å²) in [6, 6.07) is 5.65. The molecule has 3 rings (SSSR count). The van der Waals surface area contributed by atoms with E-state index in [2.05, 4.69) is 35.7 Å². The van der Waals surface area contributed by atoms with E-state index in [9.17, 15) is 4.39 Å². The van der Waals surface area contributed by atoms with Gasteiger partial charge in [0, 0.05) is 16.6 Å². The van der Waals surface area contributed by atoms with Gasteiger partial charge in [0.2, 0.25) is 5.28 Å². The molecule has 0 aliphatic heterocycles. The van der Waals surface area contributed by atoms with Crippen LogP contribution in [0.15, 0.2) is 24.4 Å². The Balaban J connectivity index is 2.32. The number of halogens is 2. The highest BCUT2D eigenvalue weighted by Crippen LogP contribution is 2.32. The van der Waals surface area contributed by atoms with Gasteiger partial charge >= 0.3 is 0 Å². The Morgan fingerprint density at radius 1 is 1.13 bits per heavy atom. The number of hydrogen-bond acceptors (Lipinski definition) is 3. The van der Waals surface area contributed by atoms with Crippen molar-refractivity contribution in [3.05, 3.63) is 52.3 Å². The zero-order chi connectivity index (χ0) is 16.7. The van der Waals surface area contributed by atoms with Crippen LogP contribution in [-0.2, 0) is 0 Å². The number of pyridine rings is 1. The predicted molar refractivity (Wildman–Crippen MR) is 91.3 cm³/mol. The molecule has 0 saturated heterocycles. The Kier molecular flexibility index (Phi) is 4.02. The molecule has 0 bridgehead atoms. The Labute approximate surface area is 139 Å². The first-order chi connectivity index (χ1) is 10.9. The van der Waals surface area contributed by atoms with E-state index >= 15 is 0 Å². The molecule has 3 nitrogen and oxygen atoms in total. The predicted octanol–water partition coefficient (Wildman–Crippen LogP) is 5.22. The standard InChI is InChI=1S/C18H17ClFN3/c1-9(2)16-10(3)11(4)22-15-6-5-12(7-13(15)16)17-14(20)8-21-18(19)23-17/h5-9H,1-4H3. The second-order valence-corrected chi connectivity index (χ2v) is 6.30. The number of aryl methyl sites for hydroxylation is 1. The lowest BCUT2D eigenvalue weighted by Gasteiger charge is -2.16. The summed E-state index contributed by atoms with van der Waals surface area (Å²) in [6.07, 6.45) is 1.09. The van der Waals surface area contributed by atoms with Gasteiger partial charge in [-0.15, -0.1) is 0 Å². The minimum absolute atomic E-state index is 0.0313. The van der Waals surface area contributed by atoms with Crippen molar-refractivity contribution in [1.82, 2.24) is 15.0 Å². The lowest BCUT2D eigenvalue weighted by atomic mass is 9.92. The highest BCUT2D eigenvalue weighted by molar-refractivity contribution is 6.28. The van der Waals surface area contributed by atoms with Crippen LogP contribution in [0.3, 0.4) is 0 Å². The fraction of sp³-hybridized carbons (Fsp3) is 0.278. The van der Waals surface area contributed by atoms with Crippen molar-refractivity contribution in [2.24, 2.45) is 0 Å². The minimum atomic E-state index is -0.489. The normalized spacial score (nSPS) is 11.4. The number of benzene rings is 1. The molecule has 1 aromatic carbocycles. The van der Waals surface area contributed by atoms with E-state index in [1.807, 2.05) is 25.1 Å². The van der Waals surface area contributed by atoms with Gasteiger partial charge in [0.15, 0.2) is 5.82 Å². The molecule has 0 saturated carbocycles. The zero-order valence-corrected chi connectivity index (χ0v) is 14.2. The van der Waals surface area contributed by atoms with Crippen molar-refractivity contribution in [3.8, 4) is 11.3 Å². The Bertz CT molecular complexity index is 906. The van der Waals surface area contributed by atoms with Crippen molar-refractivity contribution in [2.75, 3.05) is 0 Å². The molecule has 0 unspecified atom stereocenters. The molecule has 0 amide bonds. The van der Waals surface area contributed by atoms with Crippen molar-refractivity contribution < 1.29 is 4.39 Å². The third-order valence-corrected chi connectivity index (χ3v) is 4.27. The third-order valence-electron chi connectivity index (χ3n) is 4.09. The van der Waals surface area contributed by atoms with E-state index in [-0.39, 0.29) is 11.0 Å². The molecular weight excluding hydrogens is 313 g/mol. The maximum Gasteiger partial charge on any atom is 0.223 e. The summed E-state index contributed by atoms with van der Waals surface area (Å²) in [5.41, 5.74) is 5.21. The van der Waals surface area contributed by atoms with Gasteiger partial charge in [-0.05, 0) is 54.6 Å². The van der Waals surface area contributed by atoms with Crippen LogP contribution in [0.4, 0.5) is 4.39 Å².